The molecule has 5 N–H and O–H groups in total. The molecule has 1 atom stereocenters. The van der Waals surface area contributed by atoms with Crippen LogP contribution in [0.1, 0.15) is 17.4 Å². The molecular weight excluding hydrogens is 198 g/mol. The smallest absolute Gasteiger partial charge is 0.269 e. The summed E-state index contributed by atoms with van der Waals surface area (Å²) in [4.78, 5) is 21.4. The summed E-state index contributed by atoms with van der Waals surface area (Å²) in [5, 5.41) is 9.91. The lowest BCUT2D eigenvalue weighted by molar-refractivity contribution is -0.118. The zero-order chi connectivity index (χ0) is 11.4. The van der Waals surface area contributed by atoms with Gasteiger partial charge in [-0.25, -0.2) is 0 Å². The third kappa shape index (κ3) is 2.90. The summed E-state index contributed by atoms with van der Waals surface area (Å²) in [5.74, 6) is -0.806. The minimum absolute atomic E-state index is 0.0623. The normalized spacial score (nSPS) is 11.8. The van der Waals surface area contributed by atoms with E-state index in [0.717, 1.165) is 0 Å². The molecule has 0 spiro atoms. The third-order valence-electron chi connectivity index (χ3n) is 1.71. The quantitative estimate of drug-likeness (QED) is 0.578. The van der Waals surface area contributed by atoms with Crippen molar-refractivity contribution in [1.29, 1.82) is 0 Å². The van der Waals surface area contributed by atoms with Gasteiger partial charge >= 0.3 is 0 Å². The van der Waals surface area contributed by atoms with Crippen LogP contribution in [0.3, 0.4) is 0 Å². The third-order valence-corrected chi connectivity index (χ3v) is 1.71. The van der Waals surface area contributed by atoms with Crippen molar-refractivity contribution in [2.45, 2.75) is 13.0 Å². The Labute approximate surface area is 85.9 Å². The molecule has 1 rings (SSSR count). The second-order valence-electron chi connectivity index (χ2n) is 2.94. The van der Waals surface area contributed by atoms with Gasteiger partial charge in [-0.2, -0.15) is 0 Å². The Balaban J connectivity index is 2.72. The molecule has 1 aromatic rings. The summed E-state index contributed by atoms with van der Waals surface area (Å²) in [5.41, 5.74) is 10.1. The van der Waals surface area contributed by atoms with Crippen molar-refractivity contribution in [2.24, 2.45) is 11.5 Å². The molecule has 0 saturated heterocycles. The van der Waals surface area contributed by atoms with Crippen molar-refractivity contribution >= 4 is 17.6 Å². The molecule has 0 fully saturated rings. The topological polar surface area (TPSA) is 124 Å². The first-order chi connectivity index (χ1) is 7.00. The number of carbonyl (C=O) groups is 2. The Morgan fingerprint density at radius 1 is 1.33 bits per heavy atom. The van der Waals surface area contributed by atoms with Crippen LogP contribution in [0.2, 0.25) is 0 Å². The maximum absolute atomic E-state index is 10.7. The molecule has 2 amide bonds. The predicted octanol–water partition coefficient (Wildman–Crippen LogP) is -1.14. The van der Waals surface area contributed by atoms with E-state index in [0.29, 0.717) is 5.82 Å². The highest BCUT2D eigenvalue weighted by molar-refractivity contribution is 5.90. The molecule has 0 bridgehead atoms. The van der Waals surface area contributed by atoms with E-state index >= 15 is 0 Å². The van der Waals surface area contributed by atoms with Crippen molar-refractivity contribution < 1.29 is 9.59 Å². The van der Waals surface area contributed by atoms with E-state index in [1.54, 1.807) is 6.92 Å². The Bertz CT molecular complexity index is 375. The summed E-state index contributed by atoms with van der Waals surface area (Å²) in [6, 6.07) is 2.34. The van der Waals surface area contributed by atoms with Crippen LogP contribution in [0.25, 0.3) is 0 Å². The molecule has 0 radical (unpaired) electrons. The number of hydrogen-bond donors (Lipinski definition) is 3. The van der Waals surface area contributed by atoms with Crippen LogP contribution in [0.4, 0.5) is 5.82 Å². The van der Waals surface area contributed by atoms with Gasteiger partial charge in [0.2, 0.25) is 5.91 Å². The average Bonchev–Trinajstić information content (AvgIpc) is 2.18. The summed E-state index contributed by atoms with van der Waals surface area (Å²) < 4.78 is 0. The number of aromatic nitrogens is 2. The van der Waals surface area contributed by atoms with E-state index < -0.39 is 17.9 Å². The van der Waals surface area contributed by atoms with Gasteiger partial charge in [-0.05, 0) is 19.1 Å². The van der Waals surface area contributed by atoms with Crippen LogP contribution >= 0.6 is 0 Å². The van der Waals surface area contributed by atoms with Crippen LogP contribution in [-0.4, -0.2) is 28.1 Å². The fraction of sp³-hybridized carbons (Fsp3) is 0.250. The summed E-state index contributed by atoms with van der Waals surface area (Å²) in [6.45, 7) is 1.59. The van der Waals surface area contributed by atoms with E-state index in [-0.39, 0.29) is 5.69 Å². The number of nitrogens with zero attached hydrogens (tertiary/aromatic N) is 2. The first kappa shape index (κ1) is 10.9. The minimum atomic E-state index is -0.656. The molecule has 7 heteroatoms. The van der Waals surface area contributed by atoms with Gasteiger partial charge < -0.3 is 16.8 Å². The first-order valence-corrected chi connectivity index (χ1v) is 4.20. The second-order valence-corrected chi connectivity index (χ2v) is 2.94. The first-order valence-electron chi connectivity index (χ1n) is 4.20. The van der Waals surface area contributed by atoms with Gasteiger partial charge in [0.25, 0.3) is 5.91 Å². The van der Waals surface area contributed by atoms with Gasteiger partial charge in [-0.15, -0.1) is 10.2 Å². The molecule has 15 heavy (non-hydrogen) atoms. The second kappa shape index (κ2) is 4.36. The van der Waals surface area contributed by atoms with Crippen molar-refractivity contribution in [3.63, 3.8) is 0 Å². The van der Waals surface area contributed by atoms with Crippen LogP contribution < -0.4 is 16.8 Å². The summed E-state index contributed by atoms with van der Waals surface area (Å²) in [6.07, 6.45) is 0. The summed E-state index contributed by atoms with van der Waals surface area (Å²) >= 11 is 0. The van der Waals surface area contributed by atoms with Gasteiger partial charge in [-0.3, -0.25) is 9.59 Å². The zero-order valence-corrected chi connectivity index (χ0v) is 8.10. The number of anilines is 1. The highest BCUT2D eigenvalue weighted by atomic mass is 16.1. The Morgan fingerprint density at radius 2 is 2.00 bits per heavy atom. The van der Waals surface area contributed by atoms with Crippen molar-refractivity contribution in [2.75, 3.05) is 5.32 Å². The van der Waals surface area contributed by atoms with Crippen molar-refractivity contribution in [3.8, 4) is 0 Å². The van der Waals surface area contributed by atoms with Gasteiger partial charge in [-0.1, -0.05) is 0 Å². The average molecular weight is 209 g/mol. The highest BCUT2D eigenvalue weighted by Crippen LogP contribution is 2.03. The fourth-order valence-corrected chi connectivity index (χ4v) is 0.834. The SMILES string of the molecule is CC(Nc1ccc(C(N)=O)nn1)C(N)=O. The molecule has 1 heterocycles. The van der Waals surface area contributed by atoms with E-state index in [1.807, 2.05) is 0 Å². The van der Waals surface area contributed by atoms with Gasteiger partial charge in [0.05, 0.1) is 0 Å². The van der Waals surface area contributed by atoms with E-state index in [9.17, 15) is 9.59 Å². The number of primary amides is 2. The molecule has 80 valence electrons. The molecule has 0 aliphatic heterocycles. The number of hydrogen-bond acceptors (Lipinski definition) is 5. The predicted molar refractivity (Wildman–Crippen MR) is 52.8 cm³/mol. The molecule has 0 aromatic carbocycles. The van der Waals surface area contributed by atoms with Gasteiger partial charge in [0.15, 0.2) is 5.69 Å². The number of amides is 2. The van der Waals surface area contributed by atoms with E-state index in [1.165, 1.54) is 12.1 Å². The Kier molecular flexibility index (Phi) is 3.17. The number of rotatable bonds is 4. The lowest BCUT2D eigenvalue weighted by atomic mass is 10.3. The van der Waals surface area contributed by atoms with Crippen LogP contribution in [0, 0.1) is 0 Å². The van der Waals surface area contributed by atoms with Crippen molar-refractivity contribution in [3.05, 3.63) is 17.8 Å². The van der Waals surface area contributed by atoms with Gasteiger partial charge in [0, 0.05) is 0 Å². The lowest BCUT2D eigenvalue weighted by Gasteiger charge is -2.09. The van der Waals surface area contributed by atoms with Crippen LogP contribution in [-0.2, 0) is 4.79 Å². The molecular formula is C8H11N5O2. The standard InChI is InChI=1S/C8H11N5O2/c1-4(7(9)14)11-6-3-2-5(8(10)15)12-13-6/h2-4H,1H3,(H2,9,14)(H2,10,15)(H,11,13). The Morgan fingerprint density at radius 3 is 2.40 bits per heavy atom. The largest absolute Gasteiger partial charge is 0.368 e. The molecule has 1 aromatic heterocycles. The summed E-state index contributed by atoms with van der Waals surface area (Å²) in [7, 11) is 0. The molecule has 0 saturated carbocycles. The number of nitrogens with two attached hydrogens (primary N) is 2. The van der Waals surface area contributed by atoms with Crippen LogP contribution in [0.15, 0.2) is 12.1 Å². The maximum atomic E-state index is 10.7. The molecule has 0 aliphatic rings. The lowest BCUT2D eigenvalue weighted by Crippen LogP contribution is -2.32. The fourth-order valence-electron chi connectivity index (χ4n) is 0.834. The molecule has 0 aliphatic carbocycles. The Hall–Kier alpha value is -2.18. The monoisotopic (exact) mass is 209 g/mol. The molecule has 7 nitrogen and oxygen atoms in total. The highest BCUT2D eigenvalue weighted by Gasteiger charge is 2.09. The minimum Gasteiger partial charge on any atom is -0.368 e. The van der Waals surface area contributed by atoms with E-state index in [4.69, 9.17) is 11.5 Å². The number of nitrogens with one attached hydrogen (secondary N) is 1. The van der Waals surface area contributed by atoms with Gasteiger partial charge in [0.1, 0.15) is 11.9 Å². The van der Waals surface area contributed by atoms with Crippen molar-refractivity contribution in [1.82, 2.24) is 10.2 Å². The van der Waals surface area contributed by atoms with Crippen LogP contribution in [0.5, 0.6) is 0 Å². The number of carbonyl (C=O) groups excluding carboxylic acids is 2. The van der Waals surface area contributed by atoms with E-state index in [2.05, 4.69) is 15.5 Å². The molecule has 1 unspecified atom stereocenters. The zero-order valence-electron chi connectivity index (χ0n) is 8.10. The maximum Gasteiger partial charge on any atom is 0.269 e.